The van der Waals surface area contributed by atoms with Gasteiger partial charge in [0.15, 0.2) is 0 Å². The molecule has 1 N–H and O–H groups in total. The third-order valence-electron chi connectivity index (χ3n) is 6.22. The van der Waals surface area contributed by atoms with Crippen molar-refractivity contribution in [2.45, 2.75) is 37.5 Å². The Balaban J connectivity index is 1.77. The zero-order valence-electron chi connectivity index (χ0n) is 21.4. The Morgan fingerprint density at radius 3 is 2.27 bits per heavy atom. The Hall–Kier alpha value is -4.08. The first-order chi connectivity index (χ1) is 17.9. The van der Waals surface area contributed by atoms with Crippen molar-refractivity contribution in [2.24, 2.45) is 0 Å². The van der Waals surface area contributed by atoms with E-state index in [1.165, 1.54) is 11.8 Å². The zero-order chi connectivity index (χ0) is 26.4. The molecular formula is C31H29N3O2S. The zero-order valence-corrected chi connectivity index (χ0v) is 22.2. The summed E-state index contributed by atoms with van der Waals surface area (Å²) < 4.78 is 5.31. The maximum atomic E-state index is 13.4. The van der Waals surface area contributed by atoms with Gasteiger partial charge in [-0.05, 0) is 55.2 Å². The van der Waals surface area contributed by atoms with Crippen molar-refractivity contribution < 1.29 is 9.53 Å². The van der Waals surface area contributed by atoms with E-state index in [0.717, 1.165) is 44.9 Å². The van der Waals surface area contributed by atoms with Crippen LogP contribution in [0.4, 0.5) is 5.69 Å². The topological polar surface area (TPSA) is 75.0 Å². The number of nitriles is 1. The summed E-state index contributed by atoms with van der Waals surface area (Å²) in [7, 11) is 1.62. The van der Waals surface area contributed by atoms with E-state index in [0.29, 0.717) is 17.0 Å². The molecule has 1 amide bonds. The van der Waals surface area contributed by atoms with Crippen LogP contribution in [-0.2, 0) is 4.79 Å². The minimum atomic E-state index is -0.423. The average Bonchev–Trinajstić information content (AvgIpc) is 2.93. The van der Waals surface area contributed by atoms with Crippen LogP contribution in [-0.4, -0.2) is 23.3 Å². The fourth-order valence-corrected chi connectivity index (χ4v) is 5.17. The fourth-order valence-electron chi connectivity index (χ4n) is 4.14. The molecule has 0 spiro atoms. The number of hydrogen-bond acceptors (Lipinski definition) is 5. The molecule has 0 aliphatic rings. The molecule has 1 unspecified atom stereocenters. The van der Waals surface area contributed by atoms with Crippen molar-refractivity contribution in [3.63, 3.8) is 0 Å². The Morgan fingerprint density at radius 2 is 1.68 bits per heavy atom. The van der Waals surface area contributed by atoms with Gasteiger partial charge in [-0.1, -0.05) is 79.3 Å². The molecule has 0 fully saturated rings. The number of para-hydroxylation sites is 1. The highest BCUT2D eigenvalue weighted by Gasteiger charge is 2.24. The number of amides is 1. The van der Waals surface area contributed by atoms with E-state index in [-0.39, 0.29) is 5.91 Å². The average molecular weight is 508 g/mol. The number of thioether (sulfide) groups is 1. The van der Waals surface area contributed by atoms with Crippen LogP contribution in [0.2, 0.25) is 0 Å². The fraction of sp³-hybridized carbons (Fsp3) is 0.194. The summed E-state index contributed by atoms with van der Waals surface area (Å²) in [5, 5.41) is 13.5. The van der Waals surface area contributed by atoms with Gasteiger partial charge in [-0.3, -0.25) is 4.79 Å². The number of hydrogen-bond donors (Lipinski definition) is 1. The standard InChI is InChI=1S/C31H29N3O2S/c1-5-28(30(35)34-29-20(2)10-9-11-21(29)3)37-31-26(19-32)25(22-14-16-24(36-4)17-15-22)18-27(33-31)23-12-7-6-8-13-23/h6-18,28H,5H2,1-4H3,(H,34,35). The van der Waals surface area contributed by atoms with Crippen LogP contribution in [0.15, 0.2) is 83.9 Å². The lowest BCUT2D eigenvalue weighted by Gasteiger charge is -2.19. The largest absolute Gasteiger partial charge is 0.497 e. The Bertz CT molecular complexity index is 1420. The number of carbonyl (C=O) groups excluding carboxylic acids is 1. The lowest BCUT2D eigenvalue weighted by atomic mass is 9.99. The number of carbonyl (C=O) groups is 1. The number of methoxy groups -OCH3 is 1. The van der Waals surface area contributed by atoms with Crippen LogP contribution in [0.5, 0.6) is 5.75 Å². The highest BCUT2D eigenvalue weighted by molar-refractivity contribution is 8.00. The van der Waals surface area contributed by atoms with Crippen LogP contribution in [0, 0.1) is 25.2 Å². The molecule has 3 aromatic carbocycles. The summed E-state index contributed by atoms with van der Waals surface area (Å²) in [5.41, 5.74) is 6.65. The maximum Gasteiger partial charge on any atom is 0.237 e. The van der Waals surface area contributed by atoms with Crippen molar-refractivity contribution in [1.82, 2.24) is 4.98 Å². The monoisotopic (exact) mass is 507 g/mol. The highest BCUT2D eigenvalue weighted by Crippen LogP contribution is 2.37. The quantitative estimate of drug-likeness (QED) is 0.251. The van der Waals surface area contributed by atoms with Gasteiger partial charge >= 0.3 is 0 Å². The summed E-state index contributed by atoms with van der Waals surface area (Å²) in [6.45, 7) is 5.94. The van der Waals surface area contributed by atoms with Crippen LogP contribution in [0.1, 0.15) is 30.0 Å². The summed E-state index contributed by atoms with van der Waals surface area (Å²) in [5.74, 6) is 0.634. The molecule has 0 saturated heterocycles. The van der Waals surface area contributed by atoms with E-state index < -0.39 is 5.25 Å². The summed E-state index contributed by atoms with van der Waals surface area (Å²) in [4.78, 5) is 18.3. The number of pyridine rings is 1. The molecular weight excluding hydrogens is 478 g/mol. The van der Waals surface area contributed by atoms with Gasteiger partial charge in [0, 0.05) is 16.8 Å². The van der Waals surface area contributed by atoms with E-state index in [4.69, 9.17) is 9.72 Å². The van der Waals surface area contributed by atoms with E-state index in [2.05, 4.69) is 11.4 Å². The molecule has 1 aromatic heterocycles. The molecule has 4 rings (SSSR count). The molecule has 0 bridgehead atoms. The second kappa shape index (κ2) is 11.8. The van der Waals surface area contributed by atoms with Crippen molar-refractivity contribution in [3.05, 3.63) is 95.6 Å². The van der Waals surface area contributed by atoms with Crippen molar-refractivity contribution in [2.75, 3.05) is 12.4 Å². The lowest BCUT2D eigenvalue weighted by Crippen LogP contribution is -2.25. The molecule has 0 aliphatic carbocycles. The minimum absolute atomic E-state index is 0.105. The van der Waals surface area contributed by atoms with Gasteiger partial charge in [0.25, 0.3) is 0 Å². The number of aromatic nitrogens is 1. The molecule has 37 heavy (non-hydrogen) atoms. The predicted octanol–water partition coefficient (Wildman–Crippen LogP) is 7.42. The van der Waals surface area contributed by atoms with Crippen molar-refractivity contribution >= 4 is 23.4 Å². The number of nitrogens with zero attached hydrogens (tertiary/aromatic N) is 2. The highest BCUT2D eigenvalue weighted by atomic mass is 32.2. The van der Waals surface area contributed by atoms with Crippen LogP contribution in [0.3, 0.4) is 0 Å². The van der Waals surface area contributed by atoms with Gasteiger partial charge in [0.1, 0.15) is 16.8 Å². The van der Waals surface area contributed by atoms with Crippen LogP contribution >= 0.6 is 11.8 Å². The minimum Gasteiger partial charge on any atom is -0.497 e. The first kappa shape index (κ1) is 26.0. The van der Waals surface area contributed by atoms with Gasteiger partial charge in [-0.25, -0.2) is 4.98 Å². The summed E-state index contributed by atoms with van der Waals surface area (Å²) in [6, 6.07) is 27.7. The SMILES string of the molecule is CCC(Sc1nc(-c2ccccc2)cc(-c2ccc(OC)cc2)c1C#N)C(=O)Nc1c(C)cccc1C. The molecule has 1 heterocycles. The van der Waals surface area contributed by atoms with Gasteiger partial charge in [-0.2, -0.15) is 5.26 Å². The first-order valence-corrected chi connectivity index (χ1v) is 13.0. The Kier molecular flexibility index (Phi) is 8.27. The van der Waals surface area contributed by atoms with Crippen LogP contribution in [0.25, 0.3) is 22.4 Å². The third-order valence-corrected chi connectivity index (χ3v) is 7.57. The number of benzene rings is 3. The predicted molar refractivity (Wildman–Crippen MR) is 151 cm³/mol. The van der Waals surface area contributed by atoms with E-state index in [1.54, 1.807) is 7.11 Å². The molecule has 6 heteroatoms. The van der Waals surface area contributed by atoms with Gasteiger partial charge < -0.3 is 10.1 Å². The molecule has 186 valence electrons. The smallest absolute Gasteiger partial charge is 0.237 e. The third kappa shape index (κ3) is 5.84. The number of nitrogens with one attached hydrogen (secondary N) is 1. The first-order valence-electron chi connectivity index (χ1n) is 12.1. The molecule has 5 nitrogen and oxygen atoms in total. The van der Waals surface area contributed by atoms with E-state index >= 15 is 0 Å². The number of anilines is 1. The van der Waals surface area contributed by atoms with Gasteiger partial charge in [0.2, 0.25) is 5.91 Å². The molecule has 0 radical (unpaired) electrons. The maximum absolute atomic E-state index is 13.4. The normalized spacial score (nSPS) is 11.4. The molecule has 0 saturated carbocycles. The number of aryl methyl sites for hydroxylation is 2. The Labute approximate surface area is 222 Å². The molecule has 0 aliphatic heterocycles. The second-order valence-electron chi connectivity index (χ2n) is 8.71. The van der Waals surface area contributed by atoms with E-state index in [1.807, 2.05) is 99.6 Å². The van der Waals surface area contributed by atoms with Crippen LogP contribution < -0.4 is 10.1 Å². The summed E-state index contributed by atoms with van der Waals surface area (Å²) >= 11 is 1.33. The number of rotatable bonds is 8. The number of ether oxygens (including phenoxy) is 1. The molecule has 1 atom stereocenters. The van der Waals surface area contributed by atoms with Crippen molar-refractivity contribution in [1.29, 1.82) is 5.26 Å². The second-order valence-corrected chi connectivity index (χ2v) is 9.90. The Morgan fingerprint density at radius 1 is 1.00 bits per heavy atom. The lowest BCUT2D eigenvalue weighted by molar-refractivity contribution is -0.115. The summed E-state index contributed by atoms with van der Waals surface area (Å²) in [6.07, 6.45) is 0.585. The van der Waals surface area contributed by atoms with Crippen molar-refractivity contribution in [3.8, 4) is 34.2 Å². The van der Waals surface area contributed by atoms with E-state index in [9.17, 15) is 10.1 Å². The molecule has 4 aromatic rings. The van der Waals surface area contributed by atoms with Gasteiger partial charge in [0.05, 0.1) is 23.6 Å². The van der Waals surface area contributed by atoms with Gasteiger partial charge in [-0.15, -0.1) is 0 Å².